The van der Waals surface area contributed by atoms with E-state index >= 15 is 0 Å². The van der Waals surface area contributed by atoms with Crippen LogP contribution in [0.1, 0.15) is 10.4 Å². The first-order valence-corrected chi connectivity index (χ1v) is 7.44. The molecular weight excluding hydrogens is 310 g/mol. The third kappa shape index (κ3) is 2.48. The number of fused-ring (bicyclic) bond motifs is 2. The molecule has 6 nitrogen and oxygen atoms in total. The van der Waals surface area contributed by atoms with Crippen molar-refractivity contribution in [3.05, 3.63) is 64.7 Å². The number of rotatable bonds is 2. The fraction of sp³-hybridized carbons (Fsp3) is 0.111. The molecule has 0 radical (unpaired) electrons. The molecule has 4 rings (SSSR count). The molecule has 24 heavy (non-hydrogen) atoms. The number of benzene rings is 2. The number of amides is 1. The molecule has 2 aromatic carbocycles. The molecule has 1 N–H and O–H groups in total. The van der Waals surface area contributed by atoms with Gasteiger partial charge in [0, 0.05) is 17.1 Å². The molecule has 0 atom stereocenters. The highest BCUT2D eigenvalue weighted by molar-refractivity contribution is 6.12. The van der Waals surface area contributed by atoms with Gasteiger partial charge in [-0.3, -0.25) is 4.79 Å². The Kier molecular flexibility index (Phi) is 3.42. The van der Waals surface area contributed by atoms with Gasteiger partial charge in [0.05, 0.1) is 10.9 Å². The first-order valence-electron chi connectivity index (χ1n) is 7.44. The van der Waals surface area contributed by atoms with Crippen LogP contribution in [0.15, 0.2) is 57.9 Å². The predicted molar refractivity (Wildman–Crippen MR) is 87.9 cm³/mol. The Morgan fingerprint density at radius 3 is 2.54 bits per heavy atom. The fourth-order valence-electron chi connectivity index (χ4n) is 2.63. The maximum absolute atomic E-state index is 12.6. The van der Waals surface area contributed by atoms with E-state index in [-0.39, 0.29) is 5.91 Å². The molecule has 1 aromatic heterocycles. The van der Waals surface area contributed by atoms with Crippen LogP contribution in [0, 0.1) is 0 Å². The van der Waals surface area contributed by atoms with Crippen molar-refractivity contribution in [2.45, 2.75) is 0 Å². The second kappa shape index (κ2) is 5.73. The van der Waals surface area contributed by atoms with Crippen LogP contribution in [0.4, 0.5) is 5.69 Å². The SMILES string of the molecule is O=C(Nc1ccc2c(c1)OCCO2)c1coc(=O)c2ccccc12. The molecule has 1 aliphatic heterocycles. The zero-order valence-corrected chi connectivity index (χ0v) is 12.6. The van der Waals surface area contributed by atoms with Gasteiger partial charge in [-0.1, -0.05) is 18.2 Å². The zero-order valence-electron chi connectivity index (χ0n) is 12.6. The monoisotopic (exact) mass is 323 g/mol. The molecule has 0 saturated carbocycles. The summed E-state index contributed by atoms with van der Waals surface area (Å²) in [7, 11) is 0. The molecule has 0 fully saturated rings. The van der Waals surface area contributed by atoms with Crippen LogP contribution in [0.2, 0.25) is 0 Å². The topological polar surface area (TPSA) is 77.8 Å². The van der Waals surface area contributed by atoms with E-state index in [2.05, 4.69) is 5.32 Å². The van der Waals surface area contributed by atoms with Gasteiger partial charge in [0.15, 0.2) is 11.5 Å². The van der Waals surface area contributed by atoms with E-state index in [1.165, 1.54) is 6.26 Å². The van der Waals surface area contributed by atoms with Gasteiger partial charge in [0.2, 0.25) is 0 Å². The molecule has 2 heterocycles. The number of nitrogens with one attached hydrogen (secondary N) is 1. The average molecular weight is 323 g/mol. The number of carbonyl (C=O) groups excluding carboxylic acids is 1. The van der Waals surface area contributed by atoms with Crippen LogP contribution in [0.3, 0.4) is 0 Å². The predicted octanol–water partition coefficient (Wildman–Crippen LogP) is 2.82. The Morgan fingerprint density at radius 2 is 1.71 bits per heavy atom. The Hall–Kier alpha value is -3.28. The van der Waals surface area contributed by atoms with E-state index in [1.54, 1.807) is 42.5 Å². The largest absolute Gasteiger partial charge is 0.486 e. The summed E-state index contributed by atoms with van der Waals surface area (Å²) in [6.45, 7) is 0.979. The van der Waals surface area contributed by atoms with Gasteiger partial charge < -0.3 is 19.2 Å². The number of ether oxygens (including phenoxy) is 2. The van der Waals surface area contributed by atoms with Crippen molar-refractivity contribution in [1.29, 1.82) is 0 Å². The van der Waals surface area contributed by atoms with Gasteiger partial charge in [-0.2, -0.15) is 0 Å². The maximum Gasteiger partial charge on any atom is 0.343 e. The highest BCUT2D eigenvalue weighted by Gasteiger charge is 2.16. The van der Waals surface area contributed by atoms with Crippen molar-refractivity contribution in [3.8, 4) is 11.5 Å². The van der Waals surface area contributed by atoms with Crippen molar-refractivity contribution in [2.75, 3.05) is 18.5 Å². The molecule has 0 saturated heterocycles. The van der Waals surface area contributed by atoms with Crippen LogP contribution in [-0.2, 0) is 0 Å². The van der Waals surface area contributed by atoms with E-state index < -0.39 is 5.63 Å². The number of carbonyl (C=O) groups is 1. The lowest BCUT2D eigenvalue weighted by atomic mass is 10.1. The van der Waals surface area contributed by atoms with Crippen molar-refractivity contribution in [3.63, 3.8) is 0 Å². The van der Waals surface area contributed by atoms with Crippen molar-refractivity contribution in [1.82, 2.24) is 0 Å². The molecule has 1 aliphatic rings. The van der Waals surface area contributed by atoms with Gasteiger partial charge in [-0.15, -0.1) is 0 Å². The zero-order chi connectivity index (χ0) is 16.5. The second-order valence-electron chi connectivity index (χ2n) is 5.29. The Bertz CT molecular complexity index is 992. The van der Waals surface area contributed by atoms with Gasteiger partial charge >= 0.3 is 5.63 Å². The number of hydrogen-bond donors (Lipinski definition) is 1. The minimum Gasteiger partial charge on any atom is -0.486 e. The Morgan fingerprint density at radius 1 is 0.958 bits per heavy atom. The maximum atomic E-state index is 12.6. The molecule has 120 valence electrons. The summed E-state index contributed by atoms with van der Waals surface area (Å²) >= 11 is 0. The highest BCUT2D eigenvalue weighted by Crippen LogP contribution is 2.32. The molecule has 0 aliphatic carbocycles. The minimum absolute atomic E-state index is 0.292. The summed E-state index contributed by atoms with van der Waals surface area (Å²) < 4.78 is 15.9. The van der Waals surface area contributed by atoms with E-state index in [1.807, 2.05) is 0 Å². The quantitative estimate of drug-likeness (QED) is 0.784. The van der Waals surface area contributed by atoms with E-state index in [4.69, 9.17) is 13.9 Å². The van der Waals surface area contributed by atoms with Gasteiger partial charge in [0.25, 0.3) is 5.91 Å². The normalized spacial score (nSPS) is 12.8. The number of hydrogen-bond acceptors (Lipinski definition) is 5. The first-order chi connectivity index (χ1) is 11.7. The summed E-state index contributed by atoms with van der Waals surface area (Å²) in [6, 6.07) is 12.0. The molecular formula is C18H13NO5. The van der Waals surface area contributed by atoms with Gasteiger partial charge in [-0.25, -0.2) is 4.79 Å². The van der Waals surface area contributed by atoms with Crippen LogP contribution < -0.4 is 20.4 Å². The van der Waals surface area contributed by atoms with Crippen LogP contribution in [0.25, 0.3) is 10.8 Å². The molecule has 0 bridgehead atoms. The standard InChI is InChI=1S/C18H13NO5/c20-17(14-10-24-18(21)13-4-2-1-3-12(13)14)19-11-5-6-15-16(9-11)23-8-7-22-15/h1-6,9-10H,7-8H2,(H,19,20). The minimum atomic E-state index is -0.471. The molecule has 0 spiro atoms. The summed E-state index contributed by atoms with van der Waals surface area (Å²) in [6.07, 6.45) is 1.18. The van der Waals surface area contributed by atoms with E-state index in [0.717, 1.165) is 0 Å². The van der Waals surface area contributed by atoms with Gasteiger partial charge in [0.1, 0.15) is 19.5 Å². The van der Waals surface area contributed by atoms with Crippen LogP contribution >= 0.6 is 0 Å². The second-order valence-corrected chi connectivity index (χ2v) is 5.29. The number of anilines is 1. The average Bonchev–Trinajstić information content (AvgIpc) is 2.62. The molecule has 6 heteroatoms. The third-order valence-electron chi connectivity index (χ3n) is 3.77. The lowest BCUT2D eigenvalue weighted by Gasteiger charge is -2.19. The summed E-state index contributed by atoms with van der Waals surface area (Å²) in [5.74, 6) is 0.866. The highest BCUT2D eigenvalue weighted by atomic mass is 16.6. The molecule has 0 unspecified atom stereocenters. The van der Waals surface area contributed by atoms with Crippen molar-refractivity contribution in [2.24, 2.45) is 0 Å². The lowest BCUT2D eigenvalue weighted by Crippen LogP contribution is -2.17. The van der Waals surface area contributed by atoms with Crippen molar-refractivity contribution >= 4 is 22.4 Å². The van der Waals surface area contributed by atoms with Crippen LogP contribution in [0.5, 0.6) is 11.5 Å². The lowest BCUT2D eigenvalue weighted by molar-refractivity contribution is 0.102. The fourth-order valence-corrected chi connectivity index (χ4v) is 2.63. The molecule has 3 aromatic rings. The van der Waals surface area contributed by atoms with Crippen LogP contribution in [-0.4, -0.2) is 19.1 Å². The third-order valence-corrected chi connectivity index (χ3v) is 3.77. The van der Waals surface area contributed by atoms with E-state index in [9.17, 15) is 9.59 Å². The summed E-state index contributed by atoms with van der Waals surface area (Å²) in [5.41, 5.74) is 0.390. The van der Waals surface area contributed by atoms with Crippen molar-refractivity contribution < 1.29 is 18.7 Å². The smallest absolute Gasteiger partial charge is 0.343 e. The summed E-state index contributed by atoms with van der Waals surface area (Å²) in [5, 5.41) is 3.70. The Labute approximate surface area is 136 Å². The Balaban J connectivity index is 1.68. The van der Waals surface area contributed by atoms with E-state index in [0.29, 0.717) is 46.7 Å². The molecule has 1 amide bonds. The summed E-state index contributed by atoms with van der Waals surface area (Å²) in [4.78, 5) is 24.3. The van der Waals surface area contributed by atoms with Gasteiger partial charge in [-0.05, 0) is 18.2 Å². The first kappa shape index (κ1) is 14.3.